The van der Waals surface area contributed by atoms with Crippen LogP contribution >= 0.6 is 24.0 Å². The highest BCUT2D eigenvalue weighted by Gasteiger charge is 2.06. The summed E-state index contributed by atoms with van der Waals surface area (Å²) in [6.45, 7) is 3.26. The Morgan fingerprint density at radius 3 is 2.35 bits per heavy atom. The zero-order valence-electron chi connectivity index (χ0n) is 15.1. The zero-order chi connectivity index (χ0) is 18.1. The summed E-state index contributed by atoms with van der Waals surface area (Å²) in [5.41, 5.74) is 2.52. The van der Waals surface area contributed by atoms with Gasteiger partial charge in [-0.25, -0.2) is 4.99 Å². The van der Waals surface area contributed by atoms with E-state index in [2.05, 4.69) is 21.7 Å². The van der Waals surface area contributed by atoms with E-state index in [1.165, 1.54) is 0 Å². The summed E-state index contributed by atoms with van der Waals surface area (Å²) in [7, 11) is 3.21. The van der Waals surface area contributed by atoms with Crippen LogP contribution in [0.1, 0.15) is 18.1 Å². The molecule has 2 rings (SSSR count). The largest absolute Gasteiger partial charge is 0.493 e. The minimum atomic E-state index is 0. The first-order valence-electron chi connectivity index (χ1n) is 7.96. The summed E-state index contributed by atoms with van der Waals surface area (Å²) in [6.07, 6.45) is 0. The Bertz CT molecular complexity index is 770. The fourth-order valence-corrected chi connectivity index (χ4v) is 2.21. The van der Waals surface area contributed by atoms with Gasteiger partial charge < -0.3 is 20.1 Å². The second-order valence-corrected chi connectivity index (χ2v) is 5.20. The number of guanidine groups is 1. The van der Waals surface area contributed by atoms with E-state index in [9.17, 15) is 0 Å². The first-order valence-corrected chi connectivity index (χ1v) is 7.96. The lowest BCUT2D eigenvalue weighted by molar-refractivity contribution is 0.355. The molecule has 7 heteroatoms. The Morgan fingerprint density at radius 2 is 1.77 bits per heavy atom. The van der Waals surface area contributed by atoms with E-state index in [0.717, 1.165) is 17.8 Å². The highest BCUT2D eigenvalue weighted by molar-refractivity contribution is 14.0. The molecule has 0 radical (unpaired) electrons. The van der Waals surface area contributed by atoms with E-state index in [4.69, 9.17) is 14.7 Å². The van der Waals surface area contributed by atoms with Gasteiger partial charge in [0.05, 0.1) is 32.4 Å². The standard InChI is InChI=1S/C19H22N4O2.HI/c1-4-21-19(22-13-15-7-5-14(12-20)6-8-15)23-16-9-10-17(24-2)18(11-16)25-3;/h5-11H,4,13H2,1-3H3,(H2,21,22,23);1H. The molecule has 0 amide bonds. The highest BCUT2D eigenvalue weighted by atomic mass is 127. The first kappa shape index (κ1) is 21.6. The second-order valence-electron chi connectivity index (χ2n) is 5.20. The molecule has 0 aliphatic rings. The van der Waals surface area contributed by atoms with Crippen LogP contribution in [0.5, 0.6) is 11.5 Å². The van der Waals surface area contributed by atoms with E-state index in [0.29, 0.717) is 29.6 Å². The number of nitrogens with zero attached hydrogens (tertiary/aromatic N) is 2. The number of hydrogen-bond donors (Lipinski definition) is 2. The van der Waals surface area contributed by atoms with Crippen LogP contribution in [-0.4, -0.2) is 26.7 Å². The fourth-order valence-electron chi connectivity index (χ4n) is 2.21. The Balaban J connectivity index is 0.00000338. The van der Waals surface area contributed by atoms with Gasteiger partial charge in [0.25, 0.3) is 0 Å². The molecule has 0 spiro atoms. The lowest BCUT2D eigenvalue weighted by Crippen LogP contribution is -2.30. The van der Waals surface area contributed by atoms with Crippen molar-refractivity contribution < 1.29 is 9.47 Å². The number of benzene rings is 2. The first-order chi connectivity index (χ1) is 12.2. The number of hydrogen-bond acceptors (Lipinski definition) is 4. The van der Waals surface area contributed by atoms with Crippen LogP contribution in [0.2, 0.25) is 0 Å². The maximum atomic E-state index is 8.84. The van der Waals surface area contributed by atoms with Crippen LogP contribution in [0.3, 0.4) is 0 Å². The van der Waals surface area contributed by atoms with Crippen molar-refractivity contribution in [1.82, 2.24) is 5.32 Å². The predicted octanol–water partition coefficient (Wildman–Crippen LogP) is 3.77. The maximum absolute atomic E-state index is 8.84. The number of methoxy groups -OCH3 is 2. The summed E-state index contributed by atoms with van der Waals surface area (Å²) in [4.78, 5) is 4.57. The van der Waals surface area contributed by atoms with Crippen molar-refractivity contribution in [3.8, 4) is 17.6 Å². The van der Waals surface area contributed by atoms with Crippen molar-refractivity contribution in [2.24, 2.45) is 4.99 Å². The van der Waals surface area contributed by atoms with E-state index in [-0.39, 0.29) is 24.0 Å². The molecule has 0 saturated carbocycles. The van der Waals surface area contributed by atoms with Crippen molar-refractivity contribution in [2.45, 2.75) is 13.5 Å². The molecule has 26 heavy (non-hydrogen) atoms. The number of nitriles is 1. The quantitative estimate of drug-likeness (QED) is 0.385. The number of ether oxygens (including phenoxy) is 2. The average Bonchev–Trinajstić information content (AvgIpc) is 2.66. The van der Waals surface area contributed by atoms with Crippen molar-refractivity contribution in [3.05, 3.63) is 53.6 Å². The molecule has 0 saturated heterocycles. The van der Waals surface area contributed by atoms with E-state index < -0.39 is 0 Å². The van der Waals surface area contributed by atoms with Crippen molar-refractivity contribution >= 4 is 35.6 Å². The molecule has 0 fully saturated rings. The topological polar surface area (TPSA) is 78.7 Å². The Kier molecular flexibility index (Phi) is 9.30. The van der Waals surface area contributed by atoms with Gasteiger partial charge in [0.2, 0.25) is 0 Å². The number of halogens is 1. The smallest absolute Gasteiger partial charge is 0.196 e. The molecule has 0 unspecified atom stereocenters. The lowest BCUT2D eigenvalue weighted by atomic mass is 10.1. The minimum Gasteiger partial charge on any atom is -0.493 e. The number of rotatable bonds is 6. The molecule has 0 bridgehead atoms. The molecule has 0 heterocycles. The van der Waals surface area contributed by atoms with E-state index >= 15 is 0 Å². The van der Waals surface area contributed by atoms with Gasteiger partial charge >= 0.3 is 0 Å². The van der Waals surface area contributed by atoms with Crippen LogP contribution in [0.15, 0.2) is 47.5 Å². The number of anilines is 1. The van der Waals surface area contributed by atoms with Gasteiger partial charge in [-0.05, 0) is 36.8 Å². The third kappa shape index (κ3) is 6.11. The van der Waals surface area contributed by atoms with Gasteiger partial charge in [-0.3, -0.25) is 0 Å². The highest BCUT2D eigenvalue weighted by Crippen LogP contribution is 2.29. The summed E-state index contributed by atoms with van der Waals surface area (Å²) in [5, 5.41) is 15.3. The summed E-state index contributed by atoms with van der Waals surface area (Å²) < 4.78 is 10.6. The molecule has 0 aromatic heterocycles. The molecule has 2 aromatic carbocycles. The molecule has 2 aromatic rings. The number of aliphatic imine (C=N–C) groups is 1. The summed E-state index contributed by atoms with van der Waals surface area (Å²) >= 11 is 0. The Labute approximate surface area is 171 Å². The maximum Gasteiger partial charge on any atom is 0.196 e. The molecule has 2 N–H and O–H groups in total. The average molecular weight is 466 g/mol. The molecule has 0 aliphatic carbocycles. The van der Waals surface area contributed by atoms with Gasteiger partial charge in [0, 0.05) is 18.3 Å². The lowest BCUT2D eigenvalue weighted by Gasteiger charge is -2.14. The van der Waals surface area contributed by atoms with E-state index in [1.54, 1.807) is 26.4 Å². The van der Waals surface area contributed by atoms with Gasteiger partial charge in [0.15, 0.2) is 17.5 Å². The zero-order valence-corrected chi connectivity index (χ0v) is 17.4. The van der Waals surface area contributed by atoms with Crippen LogP contribution in [0.25, 0.3) is 0 Å². The van der Waals surface area contributed by atoms with Gasteiger partial charge in [-0.1, -0.05) is 12.1 Å². The molecular formula is C19H23IN4O2. The van der Waals surface area contributed by atoms with Crippen LogP contribution in [0, 0.1) is 11.3 Å². The SMILES string of the molecule is CCNC(=NCc1ccc(C#N)cc1)Nc1ccc(OC)c(OC)c1.I. The van der Waals surface area contributed by atoms with Crippen molar-refractivity contribution in [2.75, 3.05) is 26.1 Å². The molecular weight excluding hydrogens is 443 g/mol. The predicted molar refractivity (Wildman–Crippen MR) is 115 cm³/mol. The van der Waals surface area contributed by atoms with E-state index in [1.807, 2.05) is 37.3 Å². The Hall–Kier alpha value is -2.47. The molecule has 0 atom stereocenters. The fraction of sp³-hybridized carbons (Fsp3) is 0.263. The molecule has 6 nitrogen and oxygen atoms in total. The molecule has 138 valence electrons. The van der Waals surface area contributed by atoms with Crippen LogP contribution < -0.4 is 20.1 Å². The van der Waals surface area contributed by atoms with Crippen molar-refractivity contribution in [1.29, 1.82) is 5.26 Å². The van der Waals surface area contributed by atoms with Crippen LogP contribution in [-0.2, 0) is 6.54 Å². The van der Waals surface area contributed by atoms with Gasteiger partial charge in [-0.15, -0.1) is 24.0 Å². The van der Waals surface area contributed by atoms with Crippen molar-refractivity contribution in [3.63, 3.8) is 0 Å². The van der Waals surface area contributed by atoms with Gasteiger partial charge in [-0.2, -0.15) is 5.26 Å². The van der Waals surface area contributed by atoms with Gasteiger partial charge in [0.1, 0.15) is 0 Å². The normalized spacial score (nSPS) is 10.3. The monoisotopic (exact) mass is 466 g/mol. The third-order valence-electron chi connectivity index (χ3n) is 3.49. The molecule has 0 aliphatic heterocycles. The third-order valence-corrected chi connectivity index (χ3v) is 3.49. The Morgan fingerprint density at radius 1 is 1.08 bits per heavy atom. The number of nitrogens with one attached hydrogen (secondary N) is 2. The second kappa shape index (κ2) is 11.2. The van der Waals surface area contributed by atoms with Crippen LogP contribution in [0.4, 0.5) is 5.69 Å². The summed E-state index contributed by atoms with van der Waals surface area (Å²) in [5.74, 6) is 1.99. The summed E-state index contributed by atoms with van der Waals surface area (Å²) in [6, 6.07) is 15.1. The minimum absolute atomic E-state index is 0.